The van der Waals surface area contributed by atoms with E-state index in [9.17, 15) is 4.79 Å². The van der Waals surface area contributed by atoms with Gasteiger partial charge in [0.05, 0.1) is 5.39 Å². The number of hydrogen-bond donors (Lipinski definition) is 3. The fourth-order valence-electron chi connectivity index (χ4n) is 1.60. The molecule has 0 aliphatic carbocycles. The number of rotatable bonds is 4. The van der Waals surface area contributed by atoms with Crippen LogP contribution in [0.15, 0.2) is 6.33 Å². The molecule has 0 aromatic carbocycles. The van der Waals surface area contributed by atoms with Gasteiger partial charge in [-0.3, -0.25) is 0 Å². The Bertz CT molecular complexity index is 567. The van der Waals surface area contributed by atoms with E-state index in [0.29, 0.717) is 34.2 Å². The van der Waals surface area contributed by atoms with E-state index in [2.05, 4.69) is 15.3 Å². The van der Waals surface area contributed by atoms with Gasteiger partial charge in [-0.2, -0.15) is 0 Å². The first-order valence-electron chi connectivity index (χ1n) is 5.06. The van der Waals surface area contributed by atoms with Crippen LogP contribution in [-0.4, -0.2) is 34.1 Å². The van der Waals surface area contributed by atoms with Crippen molar-refractivity contribution in [3.05, 3.63) is 16.8 Å². The zero-order valence-electron chi connectivity index (χ0n) is 9.23. The minimum Gasteiger partial charge on any atom is -0.477 e. The van der Waals surface area contributed by atoms with E-state index in [1.54, 1.807) is 6.92 Å². The van der Waals surface area contributed by atoms with Crippen molar-refractivity contribution in [2.24, 2.45) is 5.73 Å². The fraction of sp³-hybridized carbons (Fsp3) is 0.300. The number of aryl methyl sites for hydroxylation is 1. The number of aromatic nitrogens is 2. The third kappa shape index (κ3) is 2.06. The molecule has 2 heterocycles. The Balaban J connectivity index is 2.58. The Labute approximate surface area is 101 Å². The molecule has 0 radical (unpaired) electrons. The van der Waals surface area contributed by atoms with E-state index in [4.69, 9.17) is 10.8 Å². The topological polar surface area (TPSA) is 101 Å². The second-order valence-corrected chi connectivity index (χ2v) is 4.48. The molecule has 6 nitrogen and oxygen atoms in total. The summed E-state index contributed by atoms with van der Waals surface area (Å²) < 4.78 is 0. The van der Waals surface area contributed by atoms with Gasteiger partial charge in [-0.05, 0) is 12.5 Å². The van der Waals surface area contributed by atoms with Crippen LogP contribution in [0.5, 0.6) is 0 Å². The number of nitrogens with zero attached hydrogens (tertiary/aromatic N) is 2. The quantitative estimate of drug-likeness (QED) is 0.752. The lowest BCUT2D eigenvalue weighted by Gasteiger charge is -2.04. The van der Waals surface area contributed by atoms with Crippen LogP contribution in [0.3, 0.4) is 0 Å². The van der Waals surface area contributed by atoms with Gasteiger partial charge in [0.1, 0.15) is 21.9 Å². The zero-order valence-corrected chi connectivity index (χ0v) is 10.0. The highest BCUT2D eigenvalue weighted by Crippen LogP contribution is 2.32. The van der Waals surface area contributed by atoms with Crippen molar-refractivity contribution < 1.29 is 9.90 Å². The van der Waals surface area contributed by atoms with Crippen LogP contribution in [0, 0.1) is 6.92 Å². The van der Waals surface area contributed by atoms with Gasteiger partial charge in [-0.1, -0.05) is 0 Å². The molecule has 0 aliphatic heterocycles. The van der Waals surface area contributed by atoms with Crippen molar-refractivity contribution in [2.75, 3.05) is 18.4 Å². The predicted octanol–water partition coefficient (Wildman–Crippen LogP) is 1.07. The smallest absolute Gasteiger partial charge is 0.346 e. The van der Waals surface area contributed by atoms with Crippen molar-refractivity contribution in [3.8, 4) is 0 Å². The molecule has 0 amide bonds. The highest BCUT2D eigenvalue weighted by Gasteiger charge is 2.18. The summed E-state index contributed by atoms with van der Waals surface area (Å²) in [7, 11) is 0. The molecule has 2 rings (SSSR count). The van der Waals surface area contributed by atoms with Crippen molar-refractivity contribution >= 4 is 33.3 Å². The molecule has 0 bridgehead atoms. The summed E-state index contributed by atoms with van der Waals surface area (Å²) in [5.41, 5.74) is 6.11. The van der Waals surface area contributed by atoms with E-state index in [1.807, 2.05) is 0 Å². The largest absolute Gasteiger partial charge is 0.477 e. The molecule has 0 unspecified atom stereocenters. The first-order valence-corrected chi connectivity index (χ1v) is 5.88. The van der Waals surface area contributed by atoms with Gasteiger partial charge in [0, 0.05) is 13.1 Å². The number of thiophene rings is 1. The molecule has 0 aliphatic rings. The summed E-state index contributed by atoms with van der Waals surface area (Å²) in [6.45, 7) is 2.84. The molecule has 90 valence electrons. The van der Waals surface area contributed by atoms with Gasteiger partial charge in [0.15, 0.2) is 0 Å². The molecule has 17 heavy (non-hydrogen) atoms. The SMILES string of the molecule is Cc1c(C(=O)O)sc2ncnc(NCCN)c12. The van der Waals surface area contributed by atoms with E-state index < -0.39 is 5.97 Å². The van der Waals surface area contributed by atoms with Crippen molar-refractivity contribution in [3.63, 3.8) is 0 Å². The highest BCUT2D eigenvalue weighted by molar-refractivity contribution is 7.20. The van der Waals surface area contributed by atoms with E-state index in [1.165, 1.54) is 6.33 Å². The summed E-state index contributed by atoms with van der Waals surface area (Å²) in [5.74, 6) is -0.294. The molecule has 0 spiro atoms. The van der Waals surface area contributed by atoms with Crippen molar-refractivity contribution in [2.45, 2.75) is 6.92 Å². The lowest BCUT2D eigenvalue weighted by atomic mass is 10.2. The average Bonchev–Trinajstić information content (AvgIpc) is 2.65. The third-order valence-corrected chi connectivity index (χ3v) is 3.55. The molecular weight excluding hydrogens is 240 g/mol. The second kappa shape index (κ2) is 4.64. The van der Waals surface area contributed by atoms with Gasteiger partial charge in [-0.25, -0.2) is 14.8 Å². The Morgan fingerprint density at radius 1 is 1.59 bits per heavy atom. The molecule has 0 atom stereocenters. The predicted molar refractivity (Wildman–Crippen MR) is 66.7 cm³/mol. The van der Waals surface area contributed by atoms with Gasteiger partial charge < -0.3 is 16.2 Å². The van der Waals surface area contributed by atoms with Crippen molar-refractivity contribution in [1.82, 2.24) is 9.97 Å². The maximum Gasteiger partial charge on any atom is 0.346 e. The molecule has 0 fully saturated rings. The Kier molecular flexibility index (Phi) is 3.21. The van der Waals surface area contributed by atoms with Crippen LogP contribution < -0.4 is 11.1 Å². The monoisotopic (exact) mass is 252 g/mol. The first-order chi connectivity index (χ1) is 8.15. The number of nitrogens with one attached hydrogen (secondary N) is 1. The number of aromatic carboxylic acids is 1. The van der Waals surface area contributed by atoms with Gasteiger partial charge in [0.25, 0.3) is 0 Å². The number of carbonyl (C=O) groups is 1. The number of carboxylic acids is 1. The summed E-state index contributed by atoms with van der Waals surface area (Å²) >= 11 is 1.16. The molecule has 2 aromatic heterocycles. The number of nitrogens with two attached hydrogens (primary N) is 1. The minimum absolute atomic E-state index is 0.302. The van der Waals surface area contributed by atoms with Crippen LogP contribution in [0.2, 0.25) is 0 Å². The summed E-state index contributed by atoms with van der Waals surface area (Å²) in [5, 5.41) is 12.9. The summed E-state index contributed by atoms with van der Waals surface area (Å²) in [6, 6.07) is 0. The van der Waals surface area contributed by atoms with Gasteiger partial charge in [0.2, 0.25) is 0 Å². The summed E-state index contributed by atoms with van der Waals surface area (Å²) in [6.07, 6.45) is 1.42. The first kappa shape index (κ1) is 11.7. The highest BCUT2D eigenvalue weighted by atomic mass is 32.1. The van der Waals surface area contributed by atoms with E-state index >= 15 is 0 Å². The zero-order chi connectivity index (χ0) is 12.4. The van der Waals surface area contributed by atoms with Crippen LogP contribution in [-0.2, 0) is 0 Å². The molecule has 0 saturated heterocycles. The number of hydrogen-bond acceptors (Lipinski definition) is 6. The van der Waals surface area contributed by atoms with Gasteiger partial charge in [-0.15, -0.1) is 11.3 Å². The average molecular weight is 252 g/mol. The maximum atomic E-state index is 11.0. The Morgan fingerprint density at radius 3 is 3.00 bits per heavy atom. The van der Waals surface area contributed by atoms with Crippen LogP contribution >= 0.6 is 11.3 Å². The Hall–Kier alpha value is -1.73. The van der Waals surface area contributed by atoms with E-state index in [-0.39, 0.29) is 0 Å². The van der Waals surface area contributed by atoms with Gasteiger partial charge >= 0.3 is 5.97 Å². The molecule has 7 heteroatoms. The van der Waals surface area contributed by atoms with Crippen LogP contribution in [0.25, 0.3) is 10.2 Å². The van der Waals surface area contributed by atoms with Crippen molar-refractivity contribution in [1.29, 1.82) is 0 Å². The Morgan fingerprint density at radius 2 is 2.35 bits per heavy atom. The summed E-state index contributed by atoms with van der Waals surface area (Å²) in [4.78, 5) is 20.2. The molecule has 4 N–H and O–H groups in total. The van der Waals surface area contributed by atoms with E-state index in [0.717, 1.165) is 16.7 Å². The fourth-order valence-corrected chi connectivity index (χ4v) is 2.59. The minimum atomic E-state index is -0.935. The third-order valence-electron chi connectivity index (χ3n) is 2.36. The second-order valence-electron chi connectivity index (χ2n) is 3.48. The van der Waals surface area contributed by atoms with Crippen LogP contribution in [0.1, 0.15) is 15.2 Å². The molecule has 0 saturated carbocycles. The van der Waals surface area contributed by atoms with Crippen LogP contribution in [0.4, 0.5) is 5.82 Å². The number of fused-ring (bicyclic) bond motifs is 1. The standard InChI is InChI=1S/C10H12N4O2S/c1-5-6-8(12-3-2-11)13-4-14-9(6)17-7(5)10(15)16/h4H,2-3,11H2,1H3,(H,15,16)(H,12,13,14). The number of carboxylic acid groups (broad SMARTS) is 1. The lowest BCUT2D eigenvalue weighted by Crippen LogP contribution is -2.14. The number of anilines is 1. The maximum absolute atomic E-state index is 11.0. The lowest BCUT2D eigenvalue weighted by molar-refractivity contribution is 0.0701. The molecule has 2 aromatic rings. The normalized spacial score (nSPS) is 10.7. The molecular formula is C10H12N4O2S.